The number of Topliss-reactive ketones (excluding diaryl/α,β-unsaturated/α-hetero) is 2. The summed E-state index contributed by atoms with van der Waals surface area (Å²) in [5, 5.41) is 0. The molecule has 2 nitrogen and oxygen atoms in total. The molecule has 0 aromatic rings. The van der Waals surface area contributed by atoms with Gasteiger partial charge in [-0.05, 0) is 67.6 Å². The topological polar surface area (TPSA) is 34.1 Å². The van der Waals surface area contributed by atoms with E-state index in [4.69, 9.17) is 0 Å². The van der Waals surface area contributed by atoms with Crippen LogP contribution in [0.2, 0.25) is 0 Å². The van der Waals surface area contributed by atoms with Crippen LogP contribution in [0.1, 0.15) is 71.6 Å². The molecular formula is C22H32O2. The number of hydrogen-bond donors (Lipinski definition) is 0. The van der Waals surface area contributed by atoms with E-state index in [1.54, 1.807) is 0 Å². The summed E-state index contributed by atoms with van der Waals surface area (Å²) < 4.78 is 0. The third kappa shape index (κ3) is 2.54. The number of ketones is 2. The molecule has 0 spiro atoms. The molecule has 0 bridgehead atoms. The van der Waals surface area contributed by atoms with Crippen molar-refractivity contribution < 1.29 is 9.59 Å². The first-order chi connectivity index (χ1) is 11.4. The van der Waals surface area contributed by atoms with Gasteiger partial charge in [0.15, 0.2) is 0 Å². The third-order valence-corrected chi connectivity index (χ3v) is 8.19. The zero-order valence-corrected chi connectivity index (χ0v) is 15.4. The Morgan fingerprint density at radius 3 is 2.38 bits per heavy atom. The summed E-state index contributed by atoms with van der Waals surface area (Å²) in [6.45, 7) is 11.0. The molecule has 0 aliphatic heterocycles. The van der Waals surface area contributed by atoms with Gasteiger partial charge in [0.25, 0.3) is 0 Å². The predicted octanol–water partition coefficient (Wildman–Crippen LogP) is 5.12. The first-order valence-corrected chi connectivity index (χ1v) is 9.71. The third-order valence-electron chi connectivity index (χ3n) is 8.19. The minimum Gasteiger partial charge on any atom is -0.300 e. The van der Waals surface area contributed by atoms with Gasteiger partial charge in [-0.2, -0.15) is 0 Å². The number of carbonyl (C=O) groups is 2. The molecule has 24 heavy (non-hydrogen) atoms. The maximum absolute atomic E-state index is 12.4. The smallest absolute Gasteiger partial charge is 0.139 e. The van der Waals surface area contributed by atoms with Crippen molar-refractivity contribution in [3.05, 3.63) is 18.9 Å². The zero-order valence-electron chi connectivity index (χ0n) is 15.4. The van der Waals surface area contributed by atoms with Gasteiger partial charge < -0.3 is 0 Å². The Morgan fingerprint density at radius 1 is 0.958 bits per heavy atom. The minimum absolute atomic E-state index is 0.00511. The first-order valence-electron chi connectivity index (χ1n) is 9.71. The van der Waals surface area contributed by atoms with Crippen molar-refractivity contribution in [2.45, 2.75) is 71.6 Å². The van der Waals surface area contributed by atoms with Gasteiger partial charge in [-0.15, -0.1) is 5.73 Å². The van der Waals surface area contributed by atoms with Crippen molar-refractivity contribution in [1.82, 2.24) is 0 Å². The highest BCUT2D eigenvalue weighted by Gasteiger charge is 2.60. The Labute approximate surface area is 146 Å². The van der Waals surface area contributed by atoms with Crippen LogP contribution in [-0.2, 0) is 9.59 Å². The molecule has 4 aliphatic carbocycles. The van der Waals surface area contributed by atoms with E-state index in [9.17, 15) is 9.59 Å². The molecule has 132 valence electrons. The summed E-state index contributed by atoms with van der Waals surface area (Å²) in [4.78, 5) is 24.2. The van der Waals surface area contributed by atoms with E-state index in [1.165, 1.54) is 19.3 Å². The molecule has 0 saturated heterocycles. The summed E-state index contributed by atoms with van der Waals surface area (Å²) in [7, 11) is 0. The average molecular weight is 328 g/mol. The van der Waals surface area contributed by atoms with Crippen molar-refractivity contribution in [2.75, 3.05) is 0 Å². The summed E-state index contributed by atoms with van der Waals surface area (Å²) in [6.07, 6.45) is 9.53. The Balaban J connectivity index is 0.000000526. The minimum atomic E-state index is -0.00511. The van der Waals surface area contributed by atoms with E-state index in [-0.39, 0.29) is 5.41 Å². The van der Waals surface area contributed by atoms with Crippen LogP contribution in [0.4, 0.5) is 0 Å². The number of carbonyl (C=O) groups excluding carboxylic acids is 2. The van der Waals surface area contributed by atoms with Crippen LogP contribution in [0.3, 0.4) is 0 Å². The molecule has 0 amide bonds. The van der Waals surface area contributed by atoms with E-state index in [2.05, 4.69) is 32.7 Å². The van der Waals surface area contributed by atoms with Crippen LogP contribution in [0.15, 0.2) is 18.9 Å². The molecule has 4 rings (SSSR count). The fourth-order valence-electron chi connectivity index (χ4n) is 6.82. The molecule has 0 N–H and O–H groups in total. The second-order valence-corrected chi connectivity index (χ2v) is 9.07. The van der Waals surface area contributed by atoms with Gasteiger partial charge in [-0.1, -0.05) is 27.0 Å². The van der Waals surface area contributed by atoms with Crippen LogP contribution in [-0.4, -0.2) is 11.6 Å². The normalized spacial score (nSPS) is 46.8. The van der Waals surface area contributed by atoms with E-state index in [0.717, 1.165) is 50.4 Å². The van der Waals surface area contributed by atoms with Gasteiger partial charge in [-0.25, -0.2) is 0 Å². The first kappa shape index (κ1) is 17.7. The molecule has 4 fully saturated rings. The lowest BCUT2D eigenvalue weighted by Gasteiger charge is -2.59. The fraction of sp³-hybridized carbons (Fsp3) is 0.773. The van der Waals surface area contributed by atoms with E-state index in [1.807, 2.05) is 0 Å². The molecule has 0 aromatic carbocycles. The predicted molar refractivity (Wildman–Crippen MR) is 96.5 cm³/mol. The molecule has 2 heteroatoms. The van der Waals surface area contributed by atoms with Gasteiger partial charge in [0.1, 0.15) is 11.6 Å². The largest absolute Gasteiger partial charge is 0.300 e. The standard InChI is InChI=1S/C19H28O2.C3H4/c1-18-9-7-13(20)11-12(18)3-4-14-15-5-6-17(21)19(15,2)10-8-16(14)18;1-3-2/h12,14-16H,3-11H2,1-2H3;1-2H2/t12?,14-,15-,16-,18-,19-;/m0./s1. The highest BCUT2D eigenvalue weighted by atomic mass is 16.1. The molecular weight excluding hydrogens is 296 g/mol. The van der Waals surface area contributed by atoms with Crippen LogP contribution in [0.5, 0.6) is 0 Å². The Bertz CT molecular complexity index is 571. The van der Waals surface area contributed by atoms with Crippen LogP contribution < -0.4 is 0 Å². The molecule has 1 unspecified atom stereocenters. The maximum atomic E-state index is 12.4. The zero-order chi connectivity index (χ0) is 17.5. The fourth-order valence-corrected chi connectivity index (χ4v) is 6.82. The van der Waals surface area contributed by atoms with Crippen molar-refractivity contribution in [3.8, 4) is 0 Å². The molecule has 0 aromatic heterocycles. The van der Waals surface area contributed by atoms with E-state index in [0.29, 0.717) is 28.8 Å². The van der Waals surface area contributed by atoms with E-state index < -0.39 is 0 Å². The van der Waals surface area contributed by atoms with Crippen molar-refractivity contribution in [2.24, 2.45) is 34.5 Å². The quantitative estimate of drug-likeness (QED) is 0.578. The maximum Gasteiger partial charge on any atom is 0.139 e. The summed E-state index contributed by atoms with van der Waals surface area (Å²) in [6, 6.07) is 0. The Hall–Kier alpha value is -1.14. The van der Waals surface area contributed by atoms with Gasteiger partial charge in [0.05, 0.1) is 0 Å². The lowest BCUT2D eigenvalue weighted by Crippen LogP contribution is -2.53. The summed E-state index contributed by atoms with van der Waals surface area (Å²) in [5.74, 6) is 3.82. The van der Waals surface area contributed by atoms with Gasteiger partial charge in [-0.3, -0.25) is 9.59 Å². The molecule has 4 saturated carbocycles. The molecule has 6 atom stereocenters. The van der Waals surface area contributed by atoms with Gasteiger partial charge >= 0.3 is 0 Å². The van der Waals surface area contributed by atoms with Crippen molar-refractivity contribution >= 4 is 11.6 Å². The Morgan fingerprint density at radius 2 is 1.67 bits per heavy atom. The van der Waals surface area contributed by atoms with Gasteiger partial charge in [0.2, 0.25) is 0 Å². The van der Waals surface area contributed by atoms with Crippen LogP contribution in [0, 0.1) is 34.5 Å². The molecule has 0 radical (unpaired) electrons. The summed E-state index contributed by atoms with van der Waals surface area (Å²) >= 11 is 0. The van der Waals surface area contributed by atoms with Crippen LogP contribution in [0.25, 0.3) is 0 Å². The van der Waals surface area contributed by atoms with Crippen LogP contribution >= 0.6 is 0 Å². The Kier molecular flexibility index (Phi) is 4.64. The highest BCUT2D eigenvalue weighted by molar-refractivity contribution is 5.87. The lowest BCUT2D eigenvalue weighted by molar-refractivity contribution is -0.144. The second kappa shape index (κ2) is 6.30. The SMILES string of the molecule is C=C=C.C[C@]12CCC(=O)CC1CC[C@@H]1[C@@H]2CC[C@]2(C)C(=O)CC[C@@H]12. The van der Waals surface area contributed by atoms with Gasteiger partial charge in [0, 0.05) is 24.7 Å². The number of fused-ring (bicyclic) bond motifs is 5. The monoisotopic (exact) mass is 328 g/mol. The number of rotatable bonds is 0. The average Bonchev–Trinajstić information content (AvgIpc) is 2.84. The lowest BCUT2D eigenvalue weighted by atomic mass is 9.45. The number of hydrogen-bond acceptors (Lipinski definition) is 2. The summed E-state index contributed by atoms with van der Waals surface area (Å²) in [5.41, 5.74) is 2.62. The van der Waals surface area contributed by atoms with Crippen molar-refractivity contribution in [1.29, 1.82) is 0 Å². The highest BCUT2D eigenvalue weighted by Crippen LogP contribution is 2.65. The second-order valence-electron chi connectivity index (χ2n) is 9.07. The molecule has 0 heterocycles. The molecule has 4 aliphatic rings. The van der Waals surface area contributed by atoms with Crippen molar-refractivity contribution in [3.63, 3.8) is 0 Å². The van der Waals surface area contributed by atoms with E-state index >= 15 is 0 Å².